The molecule has 0 atom stereocenters. The molecule has 7 heteroatoms. The third-order valence-corrected chi connectivity index (χ3v) is 4.94. The van der Waals surface area contributed by atoms with Crippen molar-refractivity contribution in [1.29, 1.82) is 0 Å². The minimum absolute atomic E-state index is 0.0859. The lowest BCUT2D eigenvalue weighted by Gasteiger charge is -2.19. The Hall–Kier alpha value is -0.590. The molecule has 17 heavy (non-hydrogen) atoms. The number of hydrogen-bond acceptors (Lipinski definition) is 3. The number of hydrogen-bond donors (Lipinski definition) is 1. The van der Waals surface area contributed by atoms with Gasteiger partial charge in [0, 0.05) is 13.1 Å². The van der Waals surface area contributed by atoms with Gasteiger partial charge in [-0.2, -0.15) is 9.40 Å². The lowest BCUT2D eigenvalue weighted by atomic mass is 10.4. The van der Waals surface area contributed by atoms with Gasteiger partial charge < -0.3 is 0 Å². The van der Waals surface area contributed by atoms with Crippen LogP contribution in [0.5, 0.6) is 0 Å². The van der Waals surface area contributed by atoms with Gasteiger partial charge in [0.25, 0.3) is 0 Å². The van der Waals surface area contributed by atoms with E-state index in [1.807, 2.05) is 13.8 Å². The molecule has 0 aliphatic rings. The second-order valence-corrected chi connectivity index (χ2v) is 5.90. The molecule has 1 N–H and O–H groups in total. The van der Waals surface area contributed by atoms with Crippen LogP contribution in [0.4, 0.5) is 0 Å². The van der Waals surface area contributed by atoms with Gasteiger partial charge in [-0.1, -0.05) is 13.8 Å². The van der Waals surface area contributed by atoms with Crippen LogP contribution in [-0.2, 0) is 15.9 Å². The number of rotatable bonds is 6. The zero-order valence-electron chi connectivity index (χ0n) is 10.3. The summed E-state index contributed by atoms with van der Waals surface area (Å²) in [5.74, 6) is 0.0859. The van der Waals surface area contributed by atoms with Crippen LogP contribution >= 0.6 is 11.6 Å². The molecule has 0 saturated carbocycles. The third-order valence-electron chi connectivity index (χ3n) is 2.51. The van der Waals surface area contributed by atoms with E-state index >= 15 is 0 Å². The van der Waals surface area contributed by atoms with Gasteiger partial charge in [0.05, 0.1) is 17.3 Å². The van der Waals surface area contributed by atoms with Gasteiger partial charge in [-0.3, -0.25) is 5.10 Å². The average Bonchev–Trinajstić information content (AvgIpc) is 2.67. The molecule has 5 nitrogen and oxygen atoms in total. The molecule has 0 amide bonds. The summed E-state index contributed by atoms with van der Waals surface area (Å²) >= 11 is 5.71. The lowest BCUT2D eigenvalue weighted by Crippen LogP contribution is -2.32. The Morgan fingerprint density at radius 1 is 1.41 bits per heavy atom. The number of halogens is 1. The van der Waals surface area contributed by atoms with Gasteiger partial charge >= 0.3 is 0 Å². The first kappa shape index (κ1) is 14.5. The summed E-state index contributed by atoms with van der Waals surface area (Å²) in [5.41, 5.74) is 0.925. The second kappa shape index (κ2) is 5.84. The molecule has 0 bridgehead atoms. The smallest absolute Gasteiger partial charge is 0.246 e. The summed E-state index contributed by atoms with van der Waals surface area (Å²) in [6.07, 6.45) is 0.778. The minimum atomic E-state index is -3.49. The van der Waals surface area contributed by atoms with Crippen LogP contribution in [0.1, 0.15) is 31.7 Å². The van der Waals surface area contributed by atoms with Crippen LogP contribution in [0.15, 0.2) is 4.90 Å². The molecule has 0 radical (unpaired) electrons. The zero-order valence-corrected chi connectivity index (χ0v) is 11.9. The van der Waals surface area contributed by atoms with Gasteiger partial charge in [0.2, 0.25) is 10.0 Å². The van der Waals surface area contributed by atoms with Gasteiger partial charge in [0.15, 0.2) is 0 Å². The second-order valence-electron chi connectivity index (χ2n) is 3.75. The summed E-state index contributed by atoms with van der Waals surface area (Å²) in [4.78, 5) is 0.225. The summed E-state index contributed by atoms with van der Waals surface area (Å²) < 4.78 is 26.3. The largest absolute Gasteiger partial charge is 0.281 e. The number of aryl methyl sites for hydroxylation is 1. The molecule has 1 aromatic heterocycles. The van der Waals surface area contributed by atoms with Crippen molar-refractivity contribution in [3.63, 3.8) is 0 Å². The standard InChI is InChI=1S/C10H18ClN3O2S/c1-4-6-14(5-2)17(15,16)10-8(3)12-13-9(10)7-11/h4-7H2,1-3H3,(H,12,13). The molecule has 98 valence electrons. The number of nitrogens with one attached hydrogen (secondary N) is 1. The average molecular weight is 280 g/mol. The fraction of sp³-hybridized carbons (Fsp3) is 0.700. The highest BCUT2D eigenvalue weighted by Crippen LogP contribution is 2.23. The van der Waals surface area contributed by atoms with E-state index in [4.69, 9.17) is 11.6 Å². The molecule has 0 aromatic carbocycles. The van der Waals surface area contributed by atoms with Crippen LogP contribution in [0, 0.1) is 6.92 Å². The molecule has 0 fully saturated rings. The Kier molecular flexibility index (Phi) is 4.97. The fourth-order valence-electron chi connectivity index (χ4n) is 1.73. The van der Waals surface area contributed by atoms with Gasteiger partial charge in [-0.25, -0.2) is 8.42 Å². The Morgan fingerprint density at radius 2 is 2.06 bits per heavy atom. The maximum absolute atomic E-state index is 12.4. The molecule has 1 heterocycles. The van der Waals surface area contributed by atoms with E-state index in [9.17, 15) is 8.42 Å². The van der Waals surface area contributed by atoms with E-state index < -0.39 is 10.0 Å². The van der Waals surface area contributed by atoms with E-state index in [2.05, 4.69) is 10.2 Å². The number of H-pyrrole nitrogens is 1. The van der Waals surface area contributed by atoms with E-state index in [1.165, 1.54) is 4.31 Å². The first-order valence-corrected chi connectivity index (χ1v) is 7.56. The molecule has 1 rings (SSSR count). The molecular weight excluding hydrogens is 262 g/mol. The molecule has 1 aromatic rings. The number of aromatic amines is 1. The Balaban J connectivity index is 3.24. The van der Waals surface area contributed by atoms with Gasteiger partial charge in [-0.15, -0.1) is 11.6 Å². The van der Waals surface area contributed by atoms with Crippen molar-refractivity contribution in [1.82, 2.24) is 14.5 Å². The van der Waals surface area contributed by atoms with Crippen molar-refractivity contribution >= 4 is 21.6 Å². The van der Waals surface area contributed by atoms with Crippen molar-refractivity contribution < 1.29 is 8.42 Å². The highest BCUT2D eigenvalue weighted by atomic mass is 35.5. The van der Waals surface area contributed by atoms with Crippen LogP contribution in [0.3, 0.4) is 0 Å². The van der Waals surface area contributed by atoms with Crippen LogP contribution in [0.2, 0.25) is 0 Å². The van der Waals surface area contributed by atoms with Crippen LogP contribution in [0.25, 0.3) is 0 Å². The van der Waals surface area contributed by atoms with Crippen LogP contribution < -0.4 is 0 Å². The molecule has 0 aliphatic carbocycles. The third kappa shape index (κ3) is 2.81. The van der Waals surface area contributed by atoms with E-state index in [1.54, 1.807) is 6.92 Å². The van der Waals surface area contributed by atoms with Crippen molar-refractivity contribution in [3.05, 3.63) is 11.4 Å². The first-order valence-electron chi connectivity index (χ1n) is 5.58. The highest BCUT2D eigenvalue weighted by Gasteiger charge is 2.28. The van der Waals surface area contributed by atoms with Crippen molar-refractivity contribution in [3.8, 4) is 0 Å². The van der Waals surface area contributed by atoms with Crippen molar-refractivity contribution in [2.45, 2.75) is 38.0 Å². The maximum atomic E-state index is 12.4. The Labute approximate surface area is 107 Å². The SMILES string of the molecule is CCCN(CC)S(=O)(=O)c1c(CCl)n[nH]c1C. The van der Waals surface area contributed by atoms with E-state index in [-0.39, 0.29) is 10.8 Å². The fourth-order valence-corrected chi connectivity index (χ4v) is 3.87. The summed E-state index contributed by atoms with van der Waals surface area (Å²) in [5, 5.41) is 6.59. The summed E-state index contributed by atoms with van der Waals surface area (Å²) in [6.45, 7) is 6.41. The number of nitrogens with zero attached hydrogens (tertiary/aromatic N) is 2. The highest BCUT2D eigenvalue weighted by molar-refractivity contribution is 7.89. The monoisotopic (exact) mass is 279 g/mol. The maximum Gasteiger partial charge on any atom is 0.246 e. The molecular formula is C10H18ClN3O2S. The number of alkyl halides is 1. The predicted octanol–water partition coefficient (Wildman–Crippen LogP) is 1.88. The quantitative estimate of drug-likeness (QED) is 0.809. The topological polar surface area (TPSA) is 66.1 Å². The summed E-state index contributed by atoms with van der Waals surface area (Å²) in [6, 6.07) is 0. The van der Waals surface area contributed by atoms with E-state index in [0.717, 1.165) is 6.42 Å². The lowest BCUT2D eigenvalue weighted by molar-refractivity contribution is 0.426. The molecule has 0 saturated heterocycles. The van der Waals surface area contributed by atoms with Gasteiger partial charge in [0.1, 0.15) is 4.90 Å². The molecule has 0 unspecified atom stereocenters. The number of aromatic nitrogens is 2. The normalized spacial score (nSPS) is 12.3. The minimum Gasteiger partial charge on any atom is -0.281 e. The number of sulfonamides is 1. The summed E-state index contributed by atoms with van der Waals surface area (Å²) in [7, 11) is -3.49. The van der Waals surface area contributed by atoms with E-state index in [0.29, 0.717) is 24.5 Å². The van der Waals surface area contributed by atoms with Crippen molar-refractivity contribution in [2.75, 3.05) is 13.1 Å². The predicted molar refractivity (Wildman–Crippen MR) is 67.6 cm³/mol. The zero-order chi connectivity index (χ0) is 13.1. The van der Waals surface area contributed by atoms with Crippen LogP contribution in [-0.4, -0.2) is 36.0 Å². The van der Waals surface area contributed by atoms with Crippen molar-refractivity contribution in [2.24, 2.45) is 0 Å². The molecule has 0 aliphatic heterocycles. The Bertz CT molecular complexity index is 470. The van der Waals surface area contributed by atoms with Gasteiger partial charge in [-0.05, 0) is 13.3 Å². The first-order chi connectivity index (χ1) is 7.98. The molecule has 0 spiro atoms. The Morgan fingerprint density at radius 3 is 2.53 bits per heavy atom.